The monoisotopic (exact) mass is 298 g/mol. The minimum absolute atomic E-state index is 0.263. The van der Waals surface area contributed by atoms with E-state index in [1.54, 1.807) is 0 Å². The molecule has 2 unspecified atom stereocenters. The first-order valence-corrected chi connectivity index (χ1v) is 8.68. The number of aliphatic carboxylic acids is 1. The van der Waals surface area contributed by atoms with Crippen LogP contribution >= 0.6 is 0 Å². The largest absolute Gasteiger partial charge is 0.481 e. The van der Waals surface area contributed by atoms with Gasteiger partial charge in [-0.15, -0.1) is 0 Å². The van der Waals surface area contributed by atoms with Crippen molar-refractivity contribution in [3.63, 3.8) is 0 Å². The number of piperidine rings is 1. The third-order valence-corrected chi connectivity index (χ3v) is 4.38. The molecule has 0 radical (unpaired) electrons. The zero-order valence-electron chi connectivity index (χ0n) is 14.1. The number of unbranched alkanes of at least 4 members (excludes halogenated alkanes) is 1. The number of carboxylic acids is 1. The predicted octanol–water partition coefficient (Wildman–Crippen LogP) is 2.98. The molecule has 0 aromatic heterocycles. The number of hydrogen-bond acceptors (Lipinski definition) is 3. The Balaban J connectivity index is 2.42. The molecule has 2 atom stereocenters. The highest BCUT2D eigenvalue weighted by atomic mass is 16.4. The van der Waals surface area contributed by atoms with Gasteiger partial charge in [0.15, 0.2) is 0 Å². The van der Waals surface area contributed by atoms with Gasteiger partial charge in [-0.25, -0.2) is 0 Å². The van der Waals surface area contributed by atoms with Crippen LogP contribution in [0.5, 0.6) is 0 Å². The number of nitrogens with zero attached hydrogens (tertiary/aromatic N) is 1. The maximum absolute atomic E-state index is 10.8. The van der Waals surface area contributed by atoms with Gasteiger partial charge in [0, 0.05) is 25.7 Å². The summed E-state index contributed by atoms with van der Waals surface area (Å²) in [7, 11) is 0. The Bertz CT molecular complexity index is 295. The van der Waals surface area contributed by atoms with Crippen LogP contribution in [0.4, 0.5) is 0 Å². The molecular weight excluding hydrogens is 264 g/mol. The number of hydrogen-bond donors (Lipinski definition) is 2. The van der Waals surface area contributed by atoms with Gasteiger partial charge in [0.2, 0.25) is 0 Å². The van der Waals surface area contributed by atoms with Gasteiger partial charge in [-0.3, -0.25) is 4.79 Å². The molecule has 0 amide bonds. The molecule has 1 aliphatic heterocycles. The van der Waals surface area contributed by atoms with Crippen LogP contribution in [0.2, 0.25) is 0 Å². The van der Waals surface area contributed by atoms with Crippen LogP contribution in [0.3, 0.4) is 0 Å². The second kappa shape index (κ2) is 10.2. The lowest BCUT2D eigenvalue weighted by atomic mass is 9.89. The Morgan fingerprint density at radius 3 is 2.76 bits per heavy atom. The summed E-state index contributed by atoms with van der Waals surface area (Å²) >= 11 is 0. The summed E-state index contributed by atoms with van der Waals surface area (Å²) in [4.78, 5) is 13.1. The van der Waals surface area contributed by atoms with Crippen molar-refractivity contribution in [3.8, 4) is 0 Å². The number of likely N-dealkylation sites (tertiary alicyclic amines) is 1. The number of rotatable bonds is 10. The Labute approximate surface area is 130 Å². The fourth-order valence-electron chi connectivity index (χ4n) is 3.17. The van der Waals surface area contributed by atoms with Gasteiger partial charge in [0.1, 0.15) is 0 Å². The third-order valence-electron chi connectivity index (χ3n) is 4.38. The molecule has 1 heterocycles. The minimum atomic E-state index is -0.685. The fourth-order valence-corrected chi connectivity index (χ4v) is 3.17. The highest BCUT2D eigenvalue weighted by Gasteiger charge is 2.26. The molecule has 1 aliphatic rings. The number of carboxylic acid groups (broad SMARTS) is 1. The van der Waals surface area contributed by atoms with Crippen LogP contribution < -0.4 is 5.32 Å². The van der Waals surface area contributed by atoms with Crippen molar-refractivity contribution in [1.82, 2.24) is 10.2 Å². The van der Waals surface area contributed by atoms with E-state index in [9.17, 15) is 4.79 Å². The molecule has 21 heavy (non-hydrogen) atoms. The topological polar surface area (TPSA) is 52.6 Å². The van der Waals surface area contributed by atoms with E-state index in [0.717, 1.165) is 31.5 Å². The molecule has 0 aromatic carbocycles. The van der Waals surface area contributed by atoms with E-state index in [1.165, 1.54) is 32.1 Å². The molecule has 124 valence electrons. The van der Waals surface area contributed by atoms with Crippen molar-refractivity contribution in [2.24, 2.45) is 11.8 Å². The molecule has 1 saturated heterocycles. The van der Waals surface area contributed by atoms with Crippen molar-refractivity contribution >= 4 is 5.97 Å². The summed E-state index contributed by atoms with van der Waals surface area (Å²) in [6, 6.07) is 0.535. The average molecular weight is 298 g/mol. The molecule has 0 aliphatic carbocycles. The normalized spacial score (nSPS) is 23.6. The summed E-state index contributed by atoms with van der Waals surface area (Å²) < 4.78 is 0. The van der Waals surface area contributed by atoms with Crippen LogP contribution in [0.15, 0.2) is 0 Å². The maximum Gasteiger partial charge on any atom is 0.304 e. The first-order valence-electron chi connectivity index (χ1n) is 8.68. The van der Waals surface area contributed by atoms with Crippen molar-refractivity contribution in [1.29, 1.82) is 0 Å². The molecule has 4 heteroatoms. The lowest BCUT2D eigenvalue weighted by Gasteiger charge is -2.38. The van der Waals surface area contributed by atoms with E-state index >= 15 is 0 Å². The lowest BCUT2D eigenvalue weighted by Crippen LogP contribution is -2.50. The van der Waals surface area contributed by atoms with Gasteiger partial charge in [0.25, 0.3) is 0 Å². The quantitative estimate of drug-likeness (QED) is 0.651. The van der Waals surface area contributed by atoms with Crippen molar-refractivity contribution in [3.05, 3.63) is 0 Å². The van der Waals surface area contributed by atoms with E-state index in [-0.39, 0.29) is 6.42 Å². The lowest BCUT2D eigenvalue weighted by molar-refractivity contribution is -0.137. The van der Waals surface area contributed by atoms with Crippen molar-refractivity contribution in [2.45, 2.75) is 65.3 Å². The van der Waals surface area contributed by atoms with Crippen molar-refractivity contribution < 1.29 is 9.90 Å². The molecule has 0 spiro atoms. The van der Waals surface area contributed by atoms with Gasteiger partial charge in [-0.2, -0.15) is 0 Å². The summed E-state index contributed by atoms with van der Waals surface area (Å²) in [5, 5.41) is 12.6. The standard InChI is InChI=1S/C17H34N2O2/c1-4-5-6-15-11-16(18-9-7-14(2)3)13-19(12-15)10-8-17(20)21/h14-16,18H,4-13H2,1-3H3,(H,20,21). The van der Waals surface area contributed by atoms with Gasteiger partial charge >= 0.3 is 5.97 Å². The maximum atomic E-state index is 10.8. The van der Waals surface area contributed by atoms with Gasteiger partial charge in [-0.1, -0.05) is 33.6 Å². The summed E-state index contributed by atoms with van der Waals surface area (Å²) in [5.41, 5.74) is 0. The molecule has 4 nitrogen and oxygen atoms in total. The number of nitrogens with one attached hydrogen (secondary N) is 1. The number of carbonyl (C=O) groups is 1. The molecular formula is C17H34N2O2. The van der Waals surface area contributed by atoms with Gasteiger partial charge < -0.3 is 15.3 Å². The smallest absolute Gasteiger partial charge is 0.304 e. The minimum Gasteiger partial charge on any atom is -0.481 e. The highest BCUT2D eigenvalue weighted by molar-refractivity contribution is 5.66. The SMILES string of the molecule is CCCCC1CC(NCCC(C)C)CN(CCC(=O)O)C1. The Morgan fingerprint density at radius 2 is 2.14 bits per heavy atom. The molecule has 0 aromatic rings. The van der Waals surface area contributed by atoms with Crippen LogP contribution in [-0.4, -0.2) is 48.2 Å². The van der Waals surface area contributed by atoms with Gasteiger partial charge in [0.05, 0.1) is 6.42 Å². The molecule has 1 rings (SSSR count). The van der Waals surface area contributed by atoms with E-state index in [1.807, 2.05) is 0 Å². The van der Waals surface area contributed by atoms with Crippen LogP contribution in [0.25, 0.3) is 0 Å². The first-order chi connectivity index (χ1) is 10.0. The van der Waals surface area contributed by atoms with Crippen LogP contribution in [-0.2, 0) is 4.79 Å². The van der Waals surface area contributed by atoms with Crippen LogP contribution in [0, 0.1) is 11.8 Å². The second-order valence-corrected chi connectivity index (χ2v) is 6.98. The molecule has 1 fully saturated rings. The third kappa shape index (κ3) is 8.42. The summed E-state index contributed by atoms with van der Waals surface area (Å²) in [5.74, 6) is 0.777. The highest BCUT2D eigenvalue weighted by Crippen LogP contribution is 2.22. The van der Waals surface area contributed by atoms with Crippen molar-refractivity contribution in [2.75, 3.05) is 26.2 Å². The zero-order chi connectivity index (χ0) is 15.7. The van der Waals surface area contributed by atoms with Gasteiger partial charge in [-0.05, 0) is 37.6 Å². The van der Waals surface area contributed by atoms with E-state index in [2.05, 4.69) is 31.0 Å². The Morgan fingerprint density at radius 1 is 1.38 bits per heavy atom. The van der Waals surface area contributed by atoms with E-state index in [0.29, 0.717) is 12.6 Å². The zero-order valence-corrected chi connectivity index (χ0v) is 14.1. The average Bonchev–Trinajstić information content (AvgIpc) is 2.42. The van der Waals surface area contributed by atoms with Crippen LogP contribution in [0.1, 0.15) is 59.3 Å². The Hall–Kier alpha value is -0.610. The summed E-state index contributed by atoms with van der Waals surface area (Å²) in [6.45, 7) is 10.6. The predicted molar refractivity (Wildman–Crippen MR) is 87.6 cm³/mol. The van der Waals surface area contributed by atoms with E-state index < -0.39 is 5.97 Å². The molecule has 0 bridgehead atoms. The molecule has 0 saturated carbocycles. The summed E-state index contributed by atoms with van der Waals surface area (Å²) in [6.07, 6.45) is 6.54. The molecule has 2 N–H and O–H groups in total. The Kier molecular flexibility index (Phi) is 8.93. The fraction of sp³-hybridized carbons (Fsp3) is 0.941. The first kappa shape index (κ1) is 18.4. The van der Waals surface area contributed by atoms with E-state index in [4.69, 9.17) is 5.11 Å². The second-order valence-electron chi connectivity index (χ2n) is 6.98.